The number of benzene rings is 1. The molecule has 0 atom stereocenters. The lowest BCUT2D eigenvalue weighted by molar-refractivity contribution is -0.117. The molecule has 17 heavy (non-hydrogen) atoms. The molecule has 0 heterocycles. The second-order valence-corrected chi connectivity index (χ2v) is 5.43. The Hall–Kier alpha value is -1.38. The Morgan fingerprint density at radius 2 is 2.24 bits per heavy atom. The Balaban J connectivity index is 2.85. The number of nitrogens with zero attached hydrogens (tertiary/aromatic N) is 1. The fraction of sp³-hybridized carbons (Fsp3) is 0.333. The van der Waals surface area contributed by atoms with Crippen LogP contribution in [0.15, 0.2) is 22.7 Å². The predicted octanol–water partition coefficient (Wildman–Crippen LogP) is 2.39. The van der Waals surface area contributed by atoms with Gasteiger partial charge < -0.3 is 11.1 Å². The van der Waals surface area contributed by atoms with Crippen molar-refractivity contribution in [3.05, 3.63) is 28.2 Å². The normalized spacial score (nSPS) is 10.8. The third-order valence-electron chi connectivity index (χ3n) is 1.99. The monoisotopic (exact) mass is 295 g/mol. The highest BCUT2D eigenvalue weighted by Gasteiger charge is 2.17. The minimum Gasteiger partial charge on any atom is -0.325 e. The van der Waals surface area contributed by atoms with Gasteiger partial charge in [0, 0.05) is 16.4 Å². The van der Waals surface area contributed by atoms with E-state index in [-0.39, 0.29) is 12.3 Å². The van der Waals surface area contributed by atoms with Crippen LogP contribution in [0.3, 0.4) is 0 Å². The summed E-state index contributed by atoms with van der Waals surface area (Å²) < 4.78 is 0.804. The van der Waals surface area contributed by atoms with Gasteiger partial charge in [0.25, 0.3) is 0 Å². The van der Waals surface area contributed by atoms with Crippen molar-refractivity contribution < 1.29 is 4.79 Å². The molecule has 0 aromatic heterocycles. The SMILES string of the molecule is CC(C)(N)CC(=O)Nc1cc(Br)ccc1C#N. The molecule has 90 valence electrons. The molecule has 0 bridgehead atoms. The number of rotatable bonds is 3. The molecule has 0 aliphatic heterocycles. The first-order valence-corrected chi connectivity index (χ1v) is 5.89. The van der Waals surface area contributed by atoms with E-state index >= 15 is 0 Å². The summed E-state index contributed by atoms with van der Waals surface area (Å²) in [6.45, 7) is 3.55. The number of amides is 1. The van der Waals surface area contributed by atoms with Gasteiger partial charge >= 0.3 is 0 Å². The number of carbonyl (C=O) groups is 1. The van der Waals surface area contributed by atoms with Crippen molar-refractivity contribution in [2.45, 2.75) is 25.8 Å². The van der Waals surface area contributed by atoms with Crippen LogP contribution in [0.4, 0.5) is 5.69 Å². The Morgan fingerprint density at radius 1 is 1.59 bits per heavy atom. The number of nitriles is 1. The number of halogens is 1. The van der Waals surface area contributed by atoms with Gasteiger partial charge in [-0.05, 0) is 32.0 Å². The lowest BCUT2D eigenvalue weighted by atomic mass is 10.0. The number of hydrogen-bond acceptors (Lipinski definition) is 3. The molecule has 3 N–H and O–H groups in total. The smallest absolute Gasteiger partial charge is 0.226 e. The first kappa shape index (κ1) is 13.7. The van der Waals surface area contributed by atoms with Gasteiger partial charge in [-0.3, -0.25) is 4.79 Å². The zero-order chi connectivity index (χ0) is 13.1. The number of nitrogens with two attached hydrogens (primary N) is 1. The quantitative estimate of drug-likeness (QED) is 0.898. The molecule has 0 saturated heterocycles. The van der Waals surface area contributed by atoms with E-state index in [0.29, 0.717) is 11.3 Å². The third-order valence-corrected chi connectivity index (χ3v) is 2.49. The molecule has 0 radical (unpaired) electrons. The first-order valence-electron chi connectivity index (χ1n) is 5.10. The van der Waals surface area contributed by atoms with Gasteiger partial charge in [-0.1, -0.05) is 15.9 Å². The molecule has 0 spiro atoms. The Morgan fingerprint density at radius 3 is 2.76 bits per heavy atom. The third kappa shape index (κ3) is 4.55. The zero-order valence-electron chi connectivity index (χ0n) is 9.75. The van der Waals surface area contributed by atoms with Gasteiger partial charge in [-0.15, -0.1) is 0 Å². The first-order chi connectivity index (χ1) is 7.81. The van der Waals surface area contributed by atoms with Crippen LogP contribution in [0.1, 0.15) is 25.8 Å². The molecule has 4 nitrogen and oxygen atoms in total. The van der Waals surface area contributed by atoms with Crippen molar-refractivity contribution in [1.82, 2.24) is 0 Å². The van der Waals surface area contributed by atoms with Crippen molar-refractivity contribution in [1.29, 1.82) is 5.26 Å². The number of nitrogens with one attached hydrogen (secondary N) is 1. The average Bonchev–Trinajstić information content (AvgIpc) is 2.14. The predicted molar refractivity (Wildman–Crippen MR) is 70.4 cm³/mol. The van der Waals surface area contributed by atoms with E-state index in [1.165, 1.54) is 0 Å². The van der Waals surface area contributed by atoms with E-state index < -0.39 is 5.54 Å². The number of carbonyl (C=O) groups excluding carboxylic acids is 1. The van der Waals surface area contributed by atoms with Crippen molar-refractivity contribution in [3.8, 4) is 6.07 Å². The second-order valence-electron chi connectivity index (χ2n) is 4.52. The van der Waals surface area contributed by atoms with Gasteiger partial charge in [-0.25, -0.2) is 0 Å². The van der Waals surface area contributed by atoms with E-state index in [1.54, 1.807) is 32.0 Å². The number of hydrogen-bond donors (Lipinski definition) is 2. The summed E-state index contributed by atoms with van der Waals surface area (Å²) in [4.78, 5) is 11.7. The minimum absolute atomic E-state index is 0.199. The molecule has 1 amide bonds. The maximum absolute atomic E-state index is 11.7. The Bertz CT molecular complexity index is 472. The summed E-state index contributed by atoms with van der Waals surface area (Å²) in [5.41, 5.74) is 6.11. The van der Waals surface area contributed by atoms with Crippen molar-refractivity contribution in [2.24, 2.45) is 5.73 Å². The summed E-state index contributed by atoms with van der Waals surface area (Å²) in [6.07, 6.45) is 0.199. The summed E-state index contributed by atoms with van der Waals surface area (Å²) in [5.74, 6) is -0.202. The fourth-order valence-electron chi connectivity index (χ4n) is 1.33. The molecule has 0 fully saturated rings. The standard InChI is InChI=1S/C12H14BrN3O/c1-12(2,15)6-11(17)16-10-5-9(13)4-3-8(10)7-14/h3-5H,6,15H2,1-2H3,(H,16,17). The highest BCUT2D eigenvalue weighted by Crippen LogP contribution is 2.21. The van der Waals surface area contributed by atoms with E-state index in [1.807, 2.05) is 6.07 Å². The highest BCUT2D eigenvalue weighted by molar-refractivity contribution is 9.10. The molecule has 0 saturated carbocycles. The summed E-state index contributed by atoms with van der Waals surface area (Å²) in [7, 11) is 0. The van der Waals surface area contributed by atoms with Crippen LogP contribution in [-0.4, -0.2) is 11.4 Å². The largest absolute Gasteiger partial charge is 0.325 e. The molecule has 5 heteroatoms. The highest BCUT2D eigenvalue weighted by atomic mass is 79.9. The van der Waals surface area contributed by atoms with Crippen LogP contribution in [0.2, 0.25) is 0 Å². The maximum atomic E-state index is 11.7. The van der Waals surface area contributed by atoms with Crippen molar-refractivity contribution >= 4 is 27.5 Å². The minimum atomic E-state index is -0.567. The van der Waals surface area contributed by atoms with Crippen molar-refractivity contribution in [3.63, 3.8) is 0 Å². The lowest BCUT2D eigenvalue weighted by Gasteiger charge is -2.17. The Kier molecular flexibility index (Phi) is 4.27. The van der Waals surface area contributed by atoms with Crippen LogP contribution >= 0.6 is 15.9 Å². The van der Waals surface area contributed by atoms with Gasteiger partial charge in [0.15, 0.2) is 0 Å². The molecular formula is C12H14BrN3O. The summed E-state index contributed by atoms with van der Waals surface area (Å²) in [6, 6.07) is 7.12. The van der Waals surface area contributed by atoms with Crippen molar-refractivity contribution in [2.75, 3.05) is 5.32 Å². The molecular weight excluding hydrogens is 282 g/mol. The van der Waals surface area contributed by atoms with Crippen LogP contribution in [0.5, 0.6) is 0 Å². The zero-order valence-corrected chi connectivity index (χ0v) is 11.3. The molecule has 1 aromatic rings. The number of anilines is 1. The van der Waals surface area contributed by atoms with Crippen LogP contribution < -0.4 is 11.1 Å². The maximum Gasteiger partial charge on any atom is 0.226 e. The average molecular weight is 296 g/mol. The van der Waals surface area contributed by atoms with E-state index in [9.17, 15) is 4.79 Å². The molecule has 1 aromatic carbocycles. The lowest BCUT2D eigenvalue weighted by Crippen LogP contribution is -2.36. The Labute approximate surface area is 109 Å². The van der Waals surface area contributed by atoms with Gasteiger partial charge in [0.05, 0.1) is 11.3 Å². The molecule has 0 aliphatic rings. The molecule has 0 unspecified atom stereocenters. The topological polar surface area (TPSA) is 78.9 Å². The van der Waals surface area contributed by atoms with E-state index in [2.05, 4.69) is 21.2 Å². The van der Waals surface area contributed by atoms with Gasteiger partial charge in [0.1, 0.15) is 6.07 Å². The fourth-order valence-corrected chi connectivity index (χ4v) is 1.69. The van der Waals surface area contributed by atoms with Gasteiger partial charge in [0.2, 0.25) is 5.91 Å². The van der Waals surface area contributed by atoms with Gasteiger partial charge in [-0.2, -0.15) is 5.26 Å². The summed E-state index contributed by atoms with van der Waals surface area (Å²) in [5, 5.41) is 11.6. The van der Waals surface area contributed by atoms with Crippen LogP contribution in [-0.2, 0) is 4.79 Å². The van der Waals surface area contributed by atoms with Crippen LogP contribution in [0, 0.1) is 11.3 Å². The summed E-state index contributed by atoms with van der Waals surface area (Å²) >= 11 is 3.29. The molecule has 1 rings (SSSR count). The molecule has 0 aliphatic carbocycles. The van der Waals surface area contributed by atoms with Crippen LogP contribution in [0.25, 0.3) is 0 Å². The van der Waals surface area contributed by atoms with E-state index in [4.69, 9.17) is 11.0 Å². The second kappa shape index (κ2) is 5.30. The van der Waals surface area contributed by atoms with E-state index in [0.717, 1.165) is 4.47 Å².